The van der Waals surface area contributed by atoms with Gasteiger partial charge in [0.25, 0.3) is 11.6 Å². The van der Waals surface area contributed by atoms with Crippen molar-refractivity contribution in [1.82, 2.24) is 5.32 Å². The Morgan fingerprint density at radius 2 is 2.10 bits per heavy atom. The van der Waals surface area contributed by atoms with Crippen molar-refractivity contribution in [3.8, 4) is 0 Å². The normalized spacial score (nSPS) is 13.3. The number of aliphatic carboxylic acids is 1. The number of nitro groups is 1. The molecule has 5 N–H and O–H groups in total. The van der Waals surface area contributed by atoms with Crippen LogP contribution >= 0.6 is 0 Å². The Morgan fingerprint density at radius 1 is 1.50 bits per heavy atom. The molecule has 108 valence electrons. The summed E-state index contributed by atoms with van der Waals surface area (Å²) in [6, 6.07) is 3.67. The lowest BCUT2D eigenvalue weighted by Crippen LogP contribution is -2.46. The van der Waals surface area contributed by atoms with Gasteiger partial charge >= 0.3 is 5.97 Å². The molecule has 0 aliphatic carbocycles. The van der Waals surface area contributed by atoms with Gasteiger partial charge in [-0.3, -0.25) is 14.9 Å². The van der Waals surface area contributed by atoms with Crippen molar-refractivity contribution in [2.75, 3.05) is 12.3 Å². The molecule has 0 aliphatic rings. The number of benzene rings is 1. The largest absolute Gasteiger partial charge is 0.479 e. The number of carboxylic acid groups (broad SMARTS) is 1. The van der Waals surface area contributed by atoms with Crippen LogP contribution in [0.3, 0.4) is 0 Å². The monoisotopic (exact) mass is 283 g/mol. The van der Waals surface area contributed by atoms with Crippen LogP contribution in [0.5, 0.6) is 0 Å². The second-order valence-electron chi connectivity index (χ2n) is 4.26. The van der Waals surface area contributed by atoms with Crippen LogP contribution in [0.25, 0.3) is 0 Å². The third-order valence-electron chi connectivity index (χ3n) is 2.58. The van der Waals surface area contributed by atoms with E-state index in [1.165, 1.54) is 12.1 Å². The van der Waals surface area contributed by atoms with Crippen molar-refractivity contribution in [3.63, 3.8) is 0 Å². The number of hydrogen-bond acceptors (Lipinski definition) is 6. The summed E-state index contributed by atoms with van der Waals surface area (Å²) in [6.07, 6.45) is 0. The van der Waals surface area contributed by atoms with Crippen molar-refractivity contribution < 1.29 is 24.7 Å². The maximum Gasteiger partial charge on any atom is 0.337 e. The fraction of sp³-hybridized carbons (Fsp3) is 0.273. The van der Waals surface area contributed by atoms with Gasteiger partial charge in [-0.05, 0) is 13.0 Å². The van der Waals surface area contributed by atoms with Crippen molar-refractivity contribution in [2.24, 2.45) is 0 Å². The molecular weight excluding hydrogens is 270 g/mol. The van der Waals surface area contributed by atoms with Gasteiger partial charge in [0.1, 0.15) is 5.69 Å². The maximum atomic E-state index is 11.8. The lowest BCUT2D eigenvalue weighted by Gasteiger charge is -2.18. The Bertz CT molecular complexity index is 569. The Kier molecular flexibility index (Phi) is 4.25. The average Bonchev–Trinajstić information content (AvgIpc) is 2.35. The molecule has 20 heavy (non-hydrogen) atoms. The van der Waals surface area contributed by atoms with E-state index in [0.717, 1.165) is 13.0 Å². The Balaban J connectivity index is 2.92. The number of nitrogen functional groups attached to an aromatic ring is 1. The molecule has 1 amide bonds. The summed E-state index contributed by atoms with van der Waals surface area (Å²) in [5, 5.41) is 31.0. The Hall–Kier alpha value is -2.68. The highest BCUT2D eigenvalue weighted by Crippen LogP contribution is 2.24. The van der Waals surface area contributed by atoms with Crippen LogP contribution in [0.2, 0.25) is 0 Å². The van der Waals surface area contributed by atoms with Crippen molar-refractivity contribution in [1.29, 1.82) is 0 Å². The zero-order chi connectivity index (χ0) is 15.5. The van der Waals surface area contributed by atoms with Crippen LogP contribution in [0.15, 0.2) is 18.2 Å². The standard InChI is InChI=1S/C11H13N3O6/c1-11(18,10(16)17)5-13-9(15)6-3-2-4-7(8(6)12)14(19)20/h2-4,18H,5,12H2,1H3,(H,13,15)(H,16,17). The van der Waals surface area contributed by atoms with E-state index in [2.05, 4.69) is 5.32 Å². The molecule has 1 aromatic rings. The summed E-state index contributed by atoms with van der Waals surface area (Å²) < 4.78 is 0. The zero-order valence-corrected chi connectivity index (χ0v) is 10.5. The number of nitrogens with zero attached hydrogens (tertiary/aromatic N) is 1. The number of nitro benzene ring substituents is 1. The summed E-state index contributed by atoms with van der Waals surface area (Å²) in [6.45, 7) is 0.440. The first-order valence-corrected chi connectivity index (χ1v) is 5.43. The van der Waals surface area contributed by atoms with E-state index in [9.17, 15) is 24.8 Å². The van der Waals surface area contributed by atoms with Crippen LogP contribution in [-0.2, 0) is 4.79 Å². The quantitative estimate of drug-likeness (QED) is 0.329. The number of rotatable bonds is 5. The van der Waals surface area contributed by atoms with E-state index >= 15 is 0 Å². The topological polar surface area (TPSA) is 156 Å². The molecule has 9 heteroatoms. The van der Waals surface area contributed by atoms with Gasteiger partial charge in [-0.1, -0.05) is 6.07 Å². The third-order valence-corrected chi connectivity index (χ3v) is 2.58. The highest BCUT2D eigenvalue weighted by molar-refractivity contribution is 6.01. The summed E-state index contributed by atoms with van der Waals surface area (Å²) in [5.41, 5.74) is 2.43. The third kappa shape index (κ3) is 3.20. The summed E-state index contributed by atoms with van der Waals surface area (Å²) in [7, 11) is 0. The van der Waals surface area contributed by atoms with Gasteiger partial charge < -0.3 is 21.3 Å². The number of para-hydroxylation sites is 1. The van der Waals surface area contributed by atoms with E-state index < -0.39 is 34.6 Å². The molecule has 1 rings (SSSR count). The van der Waals surface area contributed by atoms with Gasteiger partial charge in [0.15, 0.2) is 5.60 Å². The smallest absolute Gasteiger partial charge is 0.337 e. The van der Waals surface area contributed by atoms with Gasteiger partial charge in [-0.25, -0.2) is 4.79 Å². The summed E-state index contributed by atoms with van der Waals surface area (Å²) in [5.74, 6) is -2.32. The molecule has 0 saturated heterocycles. The molecule has 9 nitrogen and oxygen atoms in total. The molecular formula is C11H13N3O6. The molecule has 0 radical (unpaired) electrons. The second-order valence-corrected chi connectivity index (χ2v) is 4.26. The first-order valence-electron chi connectivity index (χ1n) is 5.43. The minimum absolute atomic E-state index is 0.166. The number of aliphatic hydroxyl groups is 1. The zero-order valence-electron chi connectivity index (χ0n) is 10.5. The van der Waals surface area contributed by atoms with Gasteiger partial charge in [-0.15, -0.1) is 0 Å². The van der Waals surface area contributed by atoms with Gasteiger partial charge in [0, 0.05) is 6.07 Å². The number of nitrogens with one attached hydrogen (secondary N) is 1. The molecule has 0 spiro atoms. The fourth-order valence-corrected chi connectivity index (χ4v) is 1.33. The van der Waals surface area contributed by atoms with Gasteiger partial charge in [0.2, 0.25) is 0 Å². The van der Waals surface area contributed by atoms with E-state index in [4.69, 9.17) is 10.8 Å². The Morgan fingerprint density at radius 3 is 2.60 bits per heavy atom. The molecule has 0 heterocycles. The van der Waals surface area contributed by atoms with Crippen molar-refractivity contribution in [2.45, 2.75) is 12.5 Å². The molecule has 1 unspecified atom stereocenters. The number of carbonyl (C=O) groups excluding carboxylic acids is 1. The van der Waals surface area contributed by atoms with E-state index in [-0.39, 0.29) is 11.3 Å². The minimum atomic E-state index is -2.15. The molecule has 1 aromatic carbocycles. The fourth-order valence-electron chi connectivity index (χ4n) is 1.33. The summed E-state index contributed by atoms with van der Waals surface area (Å²) in [4.78, 5) is 32.4. The lowest BCUT2D eigenvalue weighted by atomic mass is 10.1. The highest BCUT2D eigenvalue weighted by Gasteiger charge is 2.31. The van der Waals surface area contributed by atoms with E-state index in [0.29, 0.717) is 0 Å². The van der Waals surface area contributed by atoms with E-state index in [1.807, 2.05) is 0 Å². The molecule has 0 bridgehead atoms. The predicted octanol–water partition coefficient (Wildman–Crippen LogP) is -0.258. The number of nitrogens with two attached hydrogens (primary N) is 1. The van der Waals surface area contributed by atoms with Crippen LogP contribution < -0.4 is 11.1 Å². The van der Waals surface area contributed by atoms with Crippen LogP contribution in [0.4, 0.5) is 11.4 Å². The van der Waals surface area contributed by atoms with Gasteiger partial charge in [-0.2, -0.15) is 0 Å². The molecule has 0 aliphatic heterocycles. The minimum Gasteiger partial charge on any atom is -0.479 e. The average molecular weight is 283 g/mol. The second kappa shape index (κ2) is 5.53. The Labute approximate surface area is 113 Å². The molecule has 0 fully saturated rings. The summed E-state index contributed by atoms with van der Waals surface area (Å²) >= 11 is 0. The number of carbonyl (C=O) groups is 2. The number of amides is 1. The predicted molar refractivity (Wildman–Crippen MR) is 68.1 cm³/mol. The first-order chi connectivity index (χ1) is 9.16. The number of hydrogen-bond donors (Lipinski definition) is 4. The molecule has 0 aromatic heterocycles. The van der Waals surface area contributed by atoms with Crippen molar-refractivity contribution in [3.05, 3.63) is 33.9 Å². The van der Waals surface area contributed by atoms with Gasteiger partial charge in [0.05, 0.1) is 17.0 Å². The van der Waals surface area contributed by atoms with Crippen LogP contribution in [0.1, 0.15) is 17.3 Å². The first kappa shape index (κ1) is 15.4. The maximum absolute atomic E-state index is 11.8. The SMILES string of the molecule is CC(O)(CNC(=O)c1cccc([N+](=O)[O-])c1N)C(=O)O. The van der Waals surface area contributed by atoms with E-state index in [1.54, 1.807) is 0 Å². The highest BCUT2D eigenvalue weighted by atomic mass is 16.6. The van der Waals surface area contributed by atoms with Crippen LogP contribution in [0, 0.1) is 10.1 Å². The number of anilines is 1. The molecule has 1 atom stereocenters. The number of carboxylic acids is 1. The molecule has 0 saturated carbocycles. The lowest BCUT2D eigenvalue weighted by molar-refractivity contribution is -0.383. The van der Waals surface area contributed by atoms with Crippen LogP contribution in [-0.4, -0.2) is 39.2 Å². The van der Waals surface area contributed by atoms with Crippen molar-refractivity contribution >= 4 is 23.3 Å².